The van der Waals surface area contributed by atoms with Crippen LogP contribution in [-0.4, -0.2) is 57.3 Å². The Bertz CT molecular complexity index is 229. The Labute approximate surface area is 129 Å². The molecule has 0 atom stereocenters. The second-order valence-electron chi connectivity index (χ2n) is 3.72. The average Bonchev–Trinajstić information content (AvgIpc) is 2.14. The Hall–Kier alpha value is 1.13. The second kappa shape index (κ2) is 12.6. The van der Waals surface area contributed by atoms with E-state index < -0.39 is 10.4 Å². The van der Waals surface area contributed by atoms with Crippen molar-refractivity contribution < 1.29 is 17.2 Å². The molecule has 0 unspecified atom stereocenters. The van der Waals surface area contributed by atoms with E-state index in [0.29, 0.717) is 6.42 Å². The minimum Gasteiger partial charge on any atom is -0.264 e. The molecule has 0 heterocycles. The molecule has 0 aromatic carbocycles. The average molecular weight is 278 g/mol. The van der Waals surface area contributed by atoms with E-state index in [1.165, 1.54) is 32.1 Å². The van der Waals surface area contributed by atoms with Crippen molar-refractivity contribution in [2.24, 2.45) is 0 Å². The van der Waals surface area contributed by atoms with Crippen LogP contribution in [0.4, 0.5) is 0 Å². The predicted molar refractivity (Wildman–Crippen MR) is 65.9 cm³/mol. The number of unbranched alkanes of at least 4 members (excludes halogenated alkanes) is 7. The molecule has 0 amide bonds. The van der Waals surface area contributed by atoms with E-state index in [9.17, 15) is 8.42 Å². The molecule has 6 heteroatoms. The SMILES string of the molecule is CCCCCCCCCCOS(=O)(=O)O.[Ca+2]. The minimum atomic E-state index is -4.23. The summed E-state index contributed by atoms with van der Waals surface area (Å²) < 4.78 is 32.8. The summed E-state index contributed by atoms with van der Waals surface area (Å²) in [5, 5.41) is 0. The summed E-state index contributed by atoms with van der Waals surface area (Å²) in [4.78, 5) is 0. The zero-order valence-electron chi connectivity index (χ0n) is 10.2. The number of hydrogen-bond donors (Lipinski definition) is 1. The maximum atomic E-state index is 10.2. The molecule has 0 aromatic heterocycles. The first-order chi connectivity index (χ1) is 7.06. The van der Waals surface area contributed by atoms with Gasteiger partial charge in [0, 0.05) is 0 Å². The molecule has 4 nitrogen and oxygen atoms in total. The van der Waals surface area contributed by atoms with Gasteiger partial charge in [-0.15, -0.1) is 0 Å². The molecule has 0 aromatic rings. The van der Waals surface area contributed by atoms with E-state index in [4.69, 9.17) is 4.55 Å². The monoisotopic (exact) mass is 278 g/mol. The summed E-state index contributed by atoms with van der Waals surface area (Å²) in [6.45, 7) is 2.28. The summed E-state index contributed by atoms with van der Waals surface area (Å²) in [5.74, 6) is 0. The van der Waals surface area contributed by atoms with Crippen molar-refractivity contribution in [3.05, 3.63) is 0 Å². The third-order valence-corrected chi connectivity index (χ3v) is 2.69. The van der Waals surface area contributed by atoms with Crippen LogP contribution in [0.5, 0.6) is 0 Å². The van der Waals surface area contributed by atoms with Gasteiger partial charge in [-0.2, -0.15) is 8.42 Å². The van der Waals surface area contributed by atoms with Gasteiger partial charge in [-0.3, -0.25) is 4.55 Å². The molecule has 1 N–H and O–H groups in total. The Morgan fingerprint density at radius 1 is 0.938 bits per heavy atom. The van der Waals surface area contributed by atoms with E-state index >= 15 is 0 Å². The predicted octanol–water partition coefficient (Wildman–Crippen LogP) is 2.57. The molecule has 0 radical (unpaired) electrons. The smallest absolute Gasteiger partial charge is 0.264 e. The first-order valence-electron chi connectivity index (χ1n) is 5.68. The van der Waals surface area contributed by atoms with Gasteiger partial charge < -0.3 is 0 Å². The number of hydrogen-bond acceptors (Lipinski definition) is 3. The maximum Gasteiger partial charge on any atom is 2.00 e. The van der Waals surface area contributed by atoms with E-state index in [0.717, 1.165) is 12.8 Å². The van der Waals surface area contributed by atoms with Crippen LogP contribution in [0, 0.1) is 0 Å². The Morgan fingerprint density at radius 3 is 1.81 bits per heavy atom. The minimum absolute atomic E-state index is 0. The maximum absolute atomic E-state index is 10.2. The van der Waals surface area contributed by atoms with Crippen molar-refractivity contribution in [1.82, 2.24) is 0 Å². The van der Waals surface area contributed by atoms with Gasteiger partial charge >= 0.3 is 48.1 Å². The quantitative estimate of drug-likeness (QED) is 0.379. The second-order valence-corrected chi connectivity index (χ2v) is 4.82. The van der Waals surface area contributed by atoms with E-state index in [2.05, 4.69) is 11.1 Å². The fourth-order valence-electron chi connectivity index (χ4n) is 1.40. The first-order valence-corrected chi connectivity index (χ1v) is 7.04. The standard InChI is InChI=1S/C10H22O4S.Ca/c1-2-3-4-5-6-7-8-9-10-14-15(11,12)13;/h2-10H2,1H3,(H,11,12,13);/q;+2. The van der Waals surface area contributed by atoms with Crippen molar-refractivity contribution in [2.45, 2.75) is 58.3 Å². The summed E-state index contributed by atoms with van der Waals surface area (Å²) >= 11 is 0. The van der Waals surface area contributed by atoms with Crippen LogP contribution in [0.3, 0.4) is 0 Å². The molecule has 0 saturated carbocycles. The van der Waals surface area contributed by atoms with Crippen LogP contribution < -0.4 is 0 Å². The normalized spacial score (nSPS) is 11.1. The zero-order valence-corrected chi connectivity index (χ0v) is 13.2. The summed E-state index contributed by atoms with van der Waals surface area (Å²) in [7, 11) is -4.23. The topological polar surface area (TPSA) is 63.6 Å². The molecule has 16 heavy (non-hydrogen) atoms. The largest absolute Gasteiger partial charge is 2.00 e. The van der Waals surface area contributed by atoms with Crippen molar-refractivity contribution in [1.29, 1.82) is 0 Å². The Kier molecular flexibility index (Phi) is 15.3. The summed E-state index contributed by atoms with van der Waals surface area (Å²) in [5.41, 5.74) is 0. The van der Waals surface area contributed by atoms with Gasteiger partial charge in [0.2, 0.25) is 0 Å². The van der Waals surface area contributed by atoms with Crippen LogP contribution in [0.25, 0.3) is 0 Å². The molecular weight excluding hydrogens is 256 g/mol. The molecule has 0 aliphatic rings. The van der Waals surface area contributed by atoms with Gasteiger partial charge in [-0.05, 0) is 6.42 Å². The summed E-state index contributed by atoms with van der Waals surface area (Å²) in [6.07, 6.45) is 9.05. The van der Waals surface area contributed by atoms with Crippen molar-refractivity contribution in [3.63, 3.8) is 0 Å². The van der Waals surface area contributed by atoms with E-state index in [1.54, 1.807) is 0 Å². The van der Waals surface area contributed by atoms with Gasteiger partial charge in [0.25, 0.3) is 0 Å². The van der Waals surface area contributed by atoms with Crippen molar-refractivity contribution in [3.8, 4) is 0 Å². The number of rotatable bonds is 10. The molecule has 0 fully saturated rings. The molecule has 0 bridgehead atoms. The molecule has 0 aliphatic heterocycles. The molecule has 0 aliphatic carbocycles. The van der Waals surface area contributed by atoms with Crippen LogP contribution in [0.2, 0.25) is 0 Å². The van der Waals surface area contributed by atoms with Crippen LogP contribution in [0.15, 0.2) is 0 Å². The van der Waals surface area contributed by atoms with Gasteiger partial charge in [-0.25, -0.2) is 4.18 Å². The van der Waals surface area contributed by atoms with Gasteiger partial charge in [0.15, 0.2) is 0 Å². The third-order valence-electron chi connectivity index (χ3n) is 2.23. The van der Waals surface area contributed by atoms with Crippen LogP contribution in [-0.2, 0) is 14.6 Å². The van der Waals surface area contributed by atoms with Gasteiger partial charge in [0.05, 0.1) is 6.61 Å². The molecule has 0 saturated heterocycles. The van der Waals surface area contributed by atoms with Crippen LogP contribution in [0.1, 0.15) is 58.3 Å². The van der Waals surface area contributed by atoms with Crippen molar-refractivity contribution in [2.75, 3.05) is 6.61 Å². The Morgan fingerprint density at radius 2 is 1.38 bits per heavy atom. The fraction of sp³-hybridized carbons (Fsp3) is 1.00. The molecule has 0 spiro atoms. The van der Waals surface area contributed by atoms with Crippen LogP contribution >= 0.6 is 0 Å². The third kappa shape index (κ3) is 17.5. The first kappa shape index (κ1) is 19.5. The van der Waals surface area contributed by atoms with E-state index in [-0.39, 0.29) is 44.3 Å². The molecular formula is C10H22CaO4S+2. The molecule has 0 rings (SSSR count). The van der Waals surface area contributed by atoms with Gasteiger partial charge in [-0.1, -0.05) is 51.9 Å². The van der Waals surface area contributed by atoms with Crippen molar-refractivity contribution >= 4 is 48.1 Å². The van der Waals surface area contributed by atoms with E-state index in [1.807, 2.05) is 0 Å². The zero-order chi connectivity index (χ0) is 11.6. The summed E-state index contributed by atoms with van der Waals surface area (Å²) in [6, 6.07) is 0. The molecule has 92 valence electrons. The fourth-order valence-corrected chi connectivity index (χ4v) is 1.73. The Balaban J connectivity index is 0. The van der Waals surface area contributed by atoms with Gasteiger partial charge in [0.1, 0.15) is 0 Å².